The number of nitrogens with one attached hydrogen (secondary N) is 3. The first-order chi connectivity index (χ1) is 10.1. The summed E-state index contributed by atoms with van der Waals surface area (Å²) < 4.78 is 0.682. The number of halogens is 1. The van der Waals surface area contributed by atoms with Crippen molar-refractivity contribution in [2.24, 2.45) is 0 Å². The van der Waals surface area contributed by atoms with Crippen molar-refractivity contribution >= 4 is 33.7 Å². The Kier molecular flexibility index (Phi) is 5.34. The highest BCUT2D eigenvalue weighted by molar-refractivity contribution is 9.10. The van der Waals surface area contributed by atoms with E-state index in [1.165, 1.54) is 12.3 Å². The molecule has 1 aromatic carbocycles. The van der Waals surface area contributed by atoms with Gasteiger partial charge in [0.1, 0.15) is 5.69 Å². The average Bonchev–Trinajstić information content (AvgIpc) is 2.48. The molecule has 2 rings (SSSR count). The number of H-pyrrole nitrogens is 1. The number of carbonyl (C=O) groups excluding carboxylic acids is 1. The number of carbonyl (C=O) groups is 1. The monoisotopic (exact) mass is 347 g/mol. The number of benzene rings is 1. The Morgan fingerprint density at radius 2 is 2.05 bits per heavy atom. The van der Waals surface area contributed by atoms with E-state index in [1.54, 1.807) is 0 Å². The van der Waals surface area contributed by atoms with Crippen LogP contribution in [0.5, 0.6) is 0 Å². The van der Waals surface area contributed by atoms with E-state index in [1.807, 2.05) is 42.5 Å². The molecule has 0 unspecified atom stereocenters. The van der Waals surface area contributed by atoms with Crippen molar-refractivity contribution < 1.29 is 4.79 Å². The van der Waals surface area contributed by atoms with Gasteiger partial charge in [-0.15, -0.1) is 0 Å². The summed E-state index contributed by atoms with van der Waals surface area (Å²) in [6.45, 7) is 0.368. The second-order valence-electron chi connectivity index (χ2n) is 4.21. The number of aromatic nitrogens is 1. The minimum atomic E-state index is -0.434. The molecule has 0 aliphatic carbocycles. The summed E-state index contributed by atoms with van der Waals surface area (Å²) in [5.41, 5.74) is 0.894. The van der Waals surface area contributed by atoms with Gasteiger partial charge in [0.15, 0.2) is 0 Å². The third-order valence-electron chi connectivity index (χ3n) is 2.61. The summed E-state index contributed by atoms with van der Waals surface area (Å²) in [5, 5.41) is 5.14. The van der Waals surface area contributed by atoms with E-state index in [2.05, 4.69) is 31.5 Å². The topological polar surface area (TPSA) is 74.0 Å². The zero-order chi connectivity index (χ0) is 15.1. The van der Waals surface area contributed by atoms with E-state index < -0.39 is 6.03 Å². The smallest absolute Gasteiger partial charge is 0.319 e. The van der Waals surface area contributed by atoms with Gasteiger partial charge in [0, 0.05) is 17.2 Å². The summed E-state index contributed by atoms with van der Waals surface area (Å²) in [5.74, 6) is 0. The summed E-state index contributed by atoms with van der Waals surface area (Å²) in [6.07, 6.45) is 5.25. The van der Waals surface area contributed by atoms with Crippen molar-refractivity contribution in [3.8, 4) is 0 Å². The molecular weight excluding hydrogens is 334 g/mol. The Hall–Kier alpha value is -2.34. The fraction of sp³-hybridized carbons (Fsp3) is 0.0667. The van der Waals surface area contributed by atoms with Crippen molar-refractivity contribution in [1.29, 1.82) is 0 Å². The van der Waals surface area contributed by atoms with Gasteiger partial charge in [-0.3, -0.25) is 4.79 Å². The van der Waals surface area contributed by atoms with Crippen LogP contribution < -0.4 is 16.2 Å². The largest absolute Gasteiger partial charge is 0.334 e. The molecule has 0 aliphatic heterocycles. The van der Waals surface area contributed by atoms with Gasteiger partial charge in [0.25, 0.3) is 5.56 Å². The molecule has 1 heterocycles. The molecule has 108 valence electrons. The molecule has 5 nitrogen and oxygen atoms in total. The zero-order valence-electron chi connectivity index (χ0n) is 11.1. The number of urea groups is 1. The predicted octanol–water partition coefficient (Wildman–Crippen LogP) is 2.97. The van der Waals surface area contributed by atoms with Gasteiger partial charge in [0.05, 0.1) is 0 Å². The number of hydrogen-bond donors (Lipinski definition) is 3. The molecule has 0 bridgehead atoms. The molecule has 0 radical (unpaired) electrons. The van der Waals surface area contributed by atoms with E-state index in [4.69, 9.17) is 0 Å². The molecule has 3 N–H and O–H groups in total. The van der Waals surface area contributed by atoms with Crippen molar-refractivity contribution in [2.45, 2.75) is 0 Å². The first-order valence-electron chi connectivity index (χ1n) is 6.30. The third kappa shape index (κ3) is 4.92. The molecule has 6 heteroatoms. The lowest BCUT2D eigenvalue weighted by molar-refractivity contribution is 0.253. The van der Waals surface area contributed by atoms with Gasteiger partial charge in [0.2, 0.25) is 0 Å². The van der Waals surface area contributed by atoms with Crippen molar-refractivity contribution in [3.63, 3.8) is 0 Å². The molecule has 21 heavy (non-hydrogen) atoms. The maximum atomic E-state index is 11.7. The highest BCUT2D eigenvalue weighted by atomic mass is 79.9. The van der Waals surface area contributed by atoms with Crippen LogP contribution in [0.25, 0.3) is 6.08 Å². The van der Waals surface area contributed by atoms with E-state index in [0.717, 1.165) is 5.56 Å². The standard InChI is InChI=1S/C15H14BrN3O2/c16-12-9-13(14(20)18-10-12)19-15(21)17-8-4-7-11-5-2-1-3-6-11/h1-7,9-10H,8H2,(H,18,20)(H2,17,19,21)/b7-4+. The van der Waals surface area contributed by atoms with Crippen LogP contribution in [0, 0.1) is 0 Å². The second-order valence-corrected chi connectivity index (χ2v) is 5.12. The van der Waals surface area contributed by atoms with Gasteiger partial charge < -0.3 is 15.6 Å². The maximum absolute atomic E-state index is 11.7. The van der Waals surface area contributed by atoms with Crippen molar-refractivity contribution in [1.82, 2.24) is 10.3 Å². The molecular formula is C15H14BrN3O2. The number of pyridine rings is 1. The minimum Gasteiger partial charge on any atom is -0.334 e. The fourth-order valence-electron chi connectivity index (χ4n) is 1.63. The van der Waals surface area contributed by atoms with Crippen LogP contribution in [0.1, 0.15) is 5.56 Å². The summed E-state index contributed by atoms with van der Waals surface area (Å²) in [6, 6.07) is 10.9. The SMILES string of the molecule is O=C(NC/C=C/c1ccccc1)Nc1cc(Br)c[nH]c1=O. The van der Waals surface area contributed by atoms with Gasteiger partial charge in [-0.25, -0.2) is 4.79 Å². The lowest BCUT2D eigenvalue weighted by atomic mass is 10.2. The molecule has 2 aromatic rings. The summed E-state index contributed by atoms with van der Waals surface area (Å²) in [4.78, 5) is 25.7. The molecule has 0 fully saturated rings. The first kappa shape index (κ1) is 15.1. The normalized spacial score (nSPS) is 10.5. The number of amides is 2. The maximum Gasteiger partial charge on any atom is 0.319 e. The van der Waals surface area contributed by atoms with E-state index >= 15 is 0 Å². The number of anilines is 1. The van der Waals surface area contributed by atoms with E-state index in [-0.39, 0.29) is 11.2 Å². The third-order valence-corrected chi connectivity index (χ3v) is 3.06. The molecule has 0 saturated carbocycles. The number of rotatable bonds is 4. The Morgan fingerprint density at radius 3 is 2.81 bits per heavy atom. The Labute approximate surface area is 130 Å². The first-order valence-corrected chi connectivity index (χ1v) is 7.09. The van der Waals surface area contributed by atoms with Gasteiger partial charge in [-0.2, -0.15) is 0 Å². The average molecular weight is 348 g/mol. The van der Waals surface area contributed by atoms with Gasteiger partial charge in [-0.05, 0) is 27.6 Å². The molecule has 0 atom stereocenters. The number of aromatic amines is 1. The van der Waals surface area contributed by atoms with Gasteiger partial charge in [-0.1, -0.05) is 42.5 Å². The van der Waals surface area contributed by atoms with Crippen molar-refractivity contribution in [3.05, 3.63) is 69.1 Å². The van der Waals surface area contributed by atoms with Crippen LogP contribution in [0.4, 0.5) is 10.5 Å². The van der Waals surface area contributed by atoms with Crippen LogP contribution in [-0.2, 0) is 0 Å². The van der Waals surface area contributed by atoms with Crippen LogP contribution in [0.2, 0.25) is 0 Å². The second kappa shape index (κ2) is 7.44. The van der Waals surface area contributed by atoms with Crippen LogP contribution in [0.15, 0.2) is 57.9 Å². The Balaban J connectivity index is 1.84. The molecule has 2 amide bonds. The lowest BCUT2D eigenvalue weighted by Gasteiger charge is -2.05. The lowest BCUT2D eigenvalue weighted by Crippen LogP contribution is -2.31. The van der Waals surface area contributed by atoms with Crippen molar-refractivity contribution in [2.75, 3.05) is 11.9 Å². The molecule has 0 aliphatic rings. The summed E-state index contributed by atoms with van der Waals surface area (Å²) in [7, 11) is 0. The fourth-order valence-corrected chi connectivity index (χ4v) is 1.97. The van der Waals surface area contributed by atoms with Gasteiger partial charge >= 0.3 is 6.03 Å². The van der Waals surface area contributed by atoms with Crippen LogP contribution in [-0.4, -0.2) is 17.6 Å². The summed E-state index contributed by atoms with van der Waals surface area (Å²) >= 11 is 3.22. The highest BCUT2D eigenvalue weighted by Gasteiger charge is 2.04. The Bertz CT molecular complexity index is 696. The van der Waals surface area contributed by atoms with E-state index in [9.17, 15) is 9.59 Å². The van der Waals surface area contributed by atoms with Crippen LogP contribution in [0.3, 0.4) is 0 Å². The minimum absolute atomic E-state index is 0.189. The quantitative estimate of drug-likeness (QED) is 0.795. The van der Waals surface area contributed by atoms with E-state index in [0.29, 0.717) is 11.0 Å². The molecule has 1 aromatic heterocycles. The highest BCUT2D eigenvalue weighted by Crippen LogP contribution is 2.09. The molecule has 0 spiro atoms. The Morgan fingerprint density at radius 1 is 1.29 bits per heavy atom. The molecule has 0 saturated heterocycles. The zero-order valence-corrected chi connectivity index (χ0v) is 12.7. The predicted molar refractivity (Wildman–Crippen MR) is 87.3 cm³/mol. The van der Waals surface area contributed by atoms with Crippen LogP contribution >= 0.6 is 15.9 Å². The number of hydrogen-bond acceptors (Lipinski definition) is 2.